The Hall–Kier alpha value is -0.990. The van der Waals surface area contributed by atoms with Gasteiger partial charge in [-0.15, -0.1) is 0 Å². The number of nitrogens with two attached hydrogens (primary N) is 1. The summed E-state index contributed by atoms with van der Waals surface area (Å²) in [7, 11) is 0. The molecule has 3 nitrogen and oxygen atoms in total. The molecule has 2 N–H and O–H groups in total. The Morgan fingerprint density at radius 1 is 1.00 bits per heavy atom. The van der Waals surface area contributed by atoms with E-state index in [1.807, 2.05) is 0 Å². The van der Waals surface area contributed by atoms with Gasteiger partial charge in [-0.1, -0.05) is 32.1 Å². The molecule has 2 aliphatic carbocycles. The normalized spacial score (nSPS) is 22.2. The van der Waals surface area contributed by atoms with Crippen LogP contribution in [0.3, 0.4) is 0 Å². The predicted octanol–water partition coefficient (Wildman–Crippen LogP) is 4.19. The Morgan fingerprint density at radius 3 is 2.21 bits per heavy atom. The van der Waals surface area contributed by atoms with Crippen LogP contribution in [0.2, 0.25) is 0 Å². The van der Waals surface area contributed by atoms with E-state index in [0.29, 0.717) is 11.8 Å². The van der Waals surface area contributed by atoms with Crippen molar-refractivity contribution in [3.63, 3.8) is 0 Å². The van der Waals surface area contributed by atoms with Crippen LogP contribution in [-0.2, 0) is 6.54 Å². The maximum absolute atomic E-state index is 6.41. The van der Waals surface area contributed by atoms with E-state index < -0.39 is 0 Å². The Balaban J connectivity index is 1.91. The number of nitrogen functional groups attached to an aromatic ring is 1. The number of anilines is 1. The van der Waals surface area contributed by atoms with Crippen LogP contribution in [0.25, 0.3) is 0 Å². The first-order valence-corrected chi connectivity index (χ1v) is 8.17. The van der Waals surface area contributed by atoms with Gasteiger partial charge in [0, 0.05) is 18.4 Å². The van der Waals surface area contributed by atoms with E-state index in [-0.39, 0.29) is 0 Å². The van der Waals surface area contributed by atoms with E-state index in [1.54, 1.807) is 0 Å². The fourth-order valence-electron chi connectivity index (χ4n) is 4.01. The molecular weight excluding hydrogens is 234 g/mol. The lowest BCUT2D eigenvalue weighted by Gasteiger charge is -2.20. The van der Waals surface area contributed by atoms with Crippen molar-refractivity contribution in [2.75, 3.05) is 5.73 Å². The molecule has 0 spiro atoms. The van der Waals surface area contributed by atoms with E-state index >= 15 is 0 Å². The summed E-state index contributed by atoms with van der Waals surface area (Å²) in [6, 6.07) is 0. The molecule has 2 fully saturated rings. The summed E-state index contributed by atoms with van der Waals surface area (Å²) >= 11 is 0. The van der Waals surface area contributed by atoms with Gasteiger partial charge in [-0.25, -0.2) is 4.98 Å². The molecule has 106 valence electrons. The number of hydrogen-bond acceptors (Lipinski definition) is 2. The van der Waals surface area contributed by atoms with Gasteiger partial charge in [-0.3, -0.25) is 0 Å². The van der Waals surface area contributed by atoms with Crippen molar-refractivity contribution < 1.29 is 0 Å². The van der Waals surface area contributed by atoms with Crippen LogP contribution in [-0.4, -0.2) is 9.55 Å². The highest BCUT2D eigenvalue weighted by molar-refractivity contribution is 5.41. The van der Waals surface area contributed by atoms with Crippen LogP contribution in [0.5, 0.6) is 0 Å². The second-order valence-electron chi connectivity index (χ2n) is 6.30. The second-order valence-corrected chi connectivity index (χ2v) is 6.30. The zero-order chi connectivity index (χ0) is 13.2. The van der Waals surface area contributed by atoms with Gasteiger partial charge in [-0.2, -0.15) is 0 Å². The molecule has 0 aromatic carbocycles. The molecule has 19 heavy (non-hydrogen) atoms. The first kappa shape index (κ1) is 13.0. The average Bonchev–Trinajstić information content (AvgIpc) is 3.07. The van der Waals surface area contributed by atoms with Gasteiger partial charge in [0.15, 0.2) is 0 Å². The van der Waals surface area contributed by atoms with Crippen molar-refractivity contribution in [3.05, 3.63) is 11.5 Å². The fourth-order valence-corrected chi connectivity index (χ4v) is 4.01. The molecule has 1 aromatic heterocycles. The Labute approximate surface area is 116 Å². The predicted molar refractivity (Wildman–Crippen MR) is 79.3 cm³/mol. The monoisotopic (exact) mass is 261 g/mol. The van der Waals surface area contributed by atoms with E-state index in [2.05, 4.69) is 11.5 Å². The molecule has 2 saturated carbocycles. The number of aromatic nitrogens is 2. The number of rotatable bonds is 3. The molecular formula is C16H27N3. The second kappa shape index (κ2) is 5.56. The summed E-state index contributed by atoms with van der Waals surface area (Å²) in [4.78, 5) is 5.02. The van der Waals surface area contributed by atoms with Gasteiger partial charge in [0.1, 0.15) is 11.6 Å². The molecule has 3 rings (SSSR count). The highest BCUT2D eigenvalue weighted by atomic mass is 15.1. The smallest absolute Gasteiger partial charge is 0.127 e. The Morgan fingerprint density at radius 2 is 1.58 bits per heavy atom. The molecule has 0 aliphatic heterocycles. The summed E-state index contributed by atoms with van der Waals surface area (Å²) in [6.07, 6.45) is 12.0. The number of imidazole rings is 1. The van der Waals surface area contributed by atoms with Crippen LogP contribution >= 0.6 is 0 Å². The van der Waals surface area contributed by atoms with Crippen LogP contribution in [0.4, 0.5) is 5.82 Å². The highest BCUT2D eigenvalue weighted by Gasteiger charge is 2.28. The molecule has 0 amide bonds. The fraction of sp³-hybridized carbons (Fsp3) is 0.812. The SMILES string of the molecule is CCn1c(C2CCCC2)nc(C2CCCCC2)c1N. The minimum atomic E-state index is 0.627. The minimum absolute atomic E-state index is 0.627. The Bertz CT molecular complexity index is 423. The minimum Gasteiger partial charge on any atom is -0.384 e. The van der Waals surface area contributed by atoms with Gasteiger partial charge in [0.25, 0.3) is 0 Å². The largest absolute Gasteiger partial charge is 0.384 e. The topological polar surface area (TPSA) is 43.8 Å². The molecule has 1 aromatic rings. The lowest BCUT2D eigenvalue weighted by atomic mass is 9.87. The van der Waals surface area contributed by atoms with E-state index in [4.69, 9.17) is 10.7 Å². The summed E-state index contributed by atoms with van der Waals surface area (Å²) < 4.78 is 2.29. The maximum atomic E-state index is 6.41. The van der Waals surface area contributed by atoms with Gasteiger partial charge in [-0.05, 0) is 32.6 Å². The zero-order valence-corrected chi connectivity index (χ0v) is 12.2. The van der Waals surface area contributed by atoms with Crippen LogP contribution in [0.15, 0.2) is 0 Å². The van der Waals surface area contributed by atoms with Crippen LogP contribution < -0.4 is 5.73 Å². The lowest BCUT2D eigenvalue weighted by molar-refractivity contribution is 0.438. The van der Waals surface area contributed by atoms with Gasteiger partial charge >= 0.3 is 0 Å². The lowest BCUT2D eigenvalue weighted by Crippen LogP contribution is -2.09. The molecule has 0 radical (unpaired) electrons. The maximum Gasteiger partial charge on any atom is 0.127 e. The zero-order valence-electron chi connectivity index (χ0n) is 12.2. The quantitative estimate of drug-likeness (QED) is 0.886. The van der Waals surface area contributed by atoms with Crippen LogP contribution in [0.1, 0.15) is 88.1 Å². The first-order valence-electron chi connectivity index (χ1n) is 8.17. The van der Waals surface area contributed by atoms with Crippen molar-refractivity contribution in [2.24, 2.45) is 0 Å². The number of nitrogens with zero attached hydrogens (tertiary/aromatic N) is 2. The third kappa shape index (κ3) is 2.39. The summed E-state index contributed by atoms with van der Waals surface area (Å²) in [5, 5.41) is 0. The van der Waals surface area contributed by atoms with Gasteiger partial charge < -0.3 is 10.3 Å². The van der Waals surface area contributed by atoms with E-state index in [1.165, 1.54) is 69.3 Å². The molecule has 1 heterocycles. The molecule has 0 saturated heterocycles. The average molecular weight is 261 g/mol. The summed E-state index contributed by atoms with van der Waals surface area (Å²) in [6.45, 7) is 3.17. The van der Waals surface area contributed by atoms with Gasteiger partial charge in [0.05, 0.1) is 5.69 Å². The standard InChI is InChI=1S/C16H27N3/c1-2-19-15(17)14(12-8-4-3-5-9-12)18-16(19)13-10-6-7-11-13/h12-13H,2-11,17H2,1H3. The Kier molecular flexibility index (Phi) is 3.81. The van der Waals surface area contributed by atoms with Gasteiger partial charge in [0.2, 0.25) is 0 Å². The molecule has 2 aliphatic rings. The third-order valence-electron chi connectivity index (χ3n) is 5.09. The van der Waals surface area contributed by atoms with Crippen molar-refractivity contribution in [1.29, 1.82) is 0 Å². The summed E-state index contributed by atoms with van der Waals surface area (Å²) in [5.41, 5.74) is 7.64. The van der Waals surface area contributed by atoms with Crippen molar-refractivity contribution in [2.45, 2.75) is 83.1 Å². The van der Waals surface area contributed by atoms with Crippen LogP contribution in [0, 0.1) is 0 Å². The molecule has 0 bridgehead atoms. The molecule has 0 atom stereocenters. The first-order chi connectivity index (χ1) is 9.31. The molecule has 3 heteroatoms. The highest BCUT2D eigenvalue weighted by Crippen LogP contribution is 2.39. The number of hydrogen-bond donors (Lipinski definition) is 1. The van der Waals surface area contributed by atoms with Crippen molar-refractivity contribution >= 4 is 5.82 Å². The summed E-state index contributed by atoms with van der Waals surface area (Å²) in [5.74, 6) is 3.55. The molecule has 0 unspecified atom stereocenters. The third-order valence-corrected chi connectivity index (χ3v) is 5.09. The van der Waals surface area contributed by atoms with E-state index in [0.717, 1.165) is 12.4 Å². The van der Waals surface area contributed by atoms with Crippen molar-refractivity contribution in [3.8, 4) is 0 Å². The van der Waals surface area contributed by atoms with E-state index in [9.17, 15) is 0 Å². The van der Waals surface area contributed by atoms with Crippen molar-refractivity contribution in [1.82, 2.24) is 9.55 Å².